The lowest BCUT2D eigenvalue weighted by molar-refractivity contribution is 0.0868. The molecule has 0 spiro atoms. The first-order valence-corrected chi connectivity index (χ1v) is 7.94. The van der Waals surface area contributed by atoms with Crippen molar-refractivity contribution in [3.8, 4) is 0 Å². The van der Waals surface area contributed by atoms with Gasteiger partial charge in [0.15, 0.2) is 0 Å². The van der Waals surface area contributed by atoms with Gasteiger partial charge >= 0.3 is 0 Å². The van der Waals surface area contributed by atoms with Crippen LogP contribution < -0.4 is 5.32 Å². The number of ether oxygens (including phenoxy) is 1. The third-order valence-corrected chi connectivity index (χ3v) is 4.49. The fraction of sp³-hybridized carbons (Fsp3) is 0.278. The van der Waals surface area contributed by atoms with Crippen molar-refractivity contribution in [3.05, 3.63) is 59.8 Å². The number of carbonyl (C=O) groups excluding carboxylic acids is 1. The minimum absolute atomic E-state index is 0.160. The van der Waals surface area contributed by atoms with E-state index in [0.717, 1.165) is 16.7 Å². The molecule has 6 heteroatoms. The molecular weight excluding hydrogens is 304 g/mol. The smallest absolute Gasteiger partial charge is 0.254 e. The summed E-state index contributed by atoms with van der Waals surface area (Å²) in [6.45, 7) is 2.86. The molecule has 0 saturated carbocycles. The molecule has 1 aliphatic heterocycles. The van der Waals surface area contributed by atoms with Crippen LogP contribution in [0.25, 0.3) is 10.9 Å². The molecule has 1 unspecified atom stereocenters. The van der Waals surface area contributed by atoms with Crippen LogP contribution >= 0.6 is 0 Å². The van der Waals surface area contributed by atoms with E-state index in [2.05, 4.69) is 20.3 Å². The van der Waals surface area contributed by atoms with E-state index in [9.17, 15) is 4.79 Å². The number of aryl methyl sites for hydroxylation is 1. The SMILES string of the molecule is Cc1nc2ccccc2cc1C(=O)NC1(c2ncc[nH]2)CCOC1. The summed E-state index contributed by atoms with van der Waals surface area (Å²) in [6, 6.07) is 9.67. The summed E-state index contributed by atoms with van der Waals surface area (Å²) in [5.41, 5.74) is 1.56. The van der Waals surface area contributed by atoms with Gasteiger partial charge in [0.05, 0.1) is 23.4 Å². The molecule has 122 valence electrons. The van der Waals surface area contributed by atoms with Gasteiger partial charge in [-0.25, -0.2) is 4.98 Å². The second kappa shape index (κ2) is 5.72. The first-order valence-electron chi connectivity index (χ1n) is 7.94. The number of nitrogens with one attached hydrogen (secondary N) is 2. The van der Waals surface area contributed by atoms with E-state index < -0.39 is 5.54 Å². The van der Waals surface area contributed by atoms with E-state index in [-0.39, 0.29) is 5.91 Å². The molecule has 1 aliphatic rings. The van der Waals surface area contributed by atoms with E-state index in [4.69, 9.17) is 4.74 Å². The molecule has 24 heavy (non-hydrogen) atoms. The number of hydrogen-bond acceptors (Lipinski definition) is 4. The maximum Gasteiger partial charge on any atom is 0.254 e. The summed E-state index contributed by atoms with van der Waals surface area (Å²) in [7, 11) is 0. The van der Waals surface area contributed by atoms with Gasteiger partial charge in [-0.1, -0.05) is 18.2 Å². The fourth-order valence-electron chi connectivity index (χ4n) is 3.16. The standard InChI is InChI=1S/C18H18N4O2/c1-12-14(10-13-4-2-3-5-15(13)21-12)16(23)22-18(6-9-24-11-18)17-19-7-8-20-17/h2-5,7-8,10H,6,9,11H2,1H3,(H,19,20)(H,22,23). The van der Waals surface area contributed by atoms with Crippen molar-refractivity contribution < 1.29 is 9.53 Å². The summed E-state index contributed by atoms with van der Waals surface area (Å²) < 4.78 is 5.53. The summed E-state index contributed by atoms with van der Waals surface area (Å²) >= 11 is 0. The lowest BCUT2D eigenvalue weighted by Crippen LogP contribution is -2.47. The predicted molar refractivity (Wildman–Crippen MR) is 89.6 cm³/mol. The topological polar surface area (TPSA) is 79.9 Å². The average molecular weight is 322 g/mol. The molecule has 1 fully saturated rings. The Balaban J connectivity index is 1.70. The second-order valence-corrected chi connectivity index (χ2v) is 6.09. The van der Waals surface area contributed by atoms with E-state index >= 15 is 0 Å². The number of H-pyrrole nitrogens is 1. The number of imidazole rings is 1. The van der Waals surface area contributed by atoms with Gasteiger partial charge in [-0.05, 0) is 19.1 Å². The van der Waals surface area contributed by atoms with E-state index in [1.54, 1.807) is 12.4 Å². The number of para-hydroxylation sites is 1. The van der Waals surface area contributed by atoms with E-state index in [1.165, 1.54) is 0 Å². The van der Waals surface area contributed by atoms with Crippen molar-refractivity contribution in [3.63, 3.8) is 0 Å². The third-order valence-electron chi connectivity index (χ3n) is 4.49. The molecular formula is C18H18N4O2. The summed E-state index contributed by atoms with van der Waals surface area (Å²) in [6.07, 6.45) is 4.13. The van der Waals surface area contributed by atoms with Crippen LogP contribution in [0.15, 0.2) is 42.7 Å². The number of pyridine rings is 1. The van der Waals surface area contributed by atoms with Crippen molar-refractivity contribution in [2.45, 2.75) is 18.9 Å². The number of rotatable bonds is 3. The van der Waals surface area contributed by atoms with Crippen molar-refractivity contribution >= 4 is 16.8 Å². The maximum absolute atomic E-state index is 12.9. The Bertz CT molecular complexity index is 883. The van der Waals surface area contributed by atoms with Crippen LogP contribution in [0.4, 0.5) is 0 Å². The number of aromatic nitrogens is 3. The molecule has 6 nitrogen and oxygen atoms in total. The van der Waals surface area contributed by atoms with Gasteiger partial charge in [0.1, 0.15) is 11.4 Å². The van der Waals surface area contributed by atoms with E-state index in [1.807, 2.05) is 37.3 Å². The van der Waals surface area contributed by atoms with Crippen LogP contribution in [0.5, 0.6) is 0 Å². The lowest BCUT2D eigenvalue weighted by atomic mass is 9.96. The molecule has 1 aromatic carbocycles. The minimum Gasteiger partial charge on any atom is -0.378 e. The Kier molecular flexibility index (Phi) is 3.54. The number of amides is 1. The van der Waals surface area contributed by atoms with Gasteiger partial charge in [0.2, 0.25) is 0 Å². The molecule has 3 heterocycles. The maximum atomic E-state index is 12.9. The molecule has 0 aliphatic carbocycles. The number of benzene rings is 1. The molecule has 0 radical (unpaired) electrons. The first kappa shape index (κ1) is 14.8. The van der Waals surface area contributed by atoms with E-state index in [0.29, 0.717) is 30.9 Å². The highest BCUT2D eigenvalue weighted by molar-refractivity contribution is 5.99. The van der Waals surface area contributed by atoms with Crippen LogP contribution in [0.1, 0.15) is 28.3 Å². The minimum atomic E-state index is -0.612. The molecule has 1 saturated heterocycles. The molecule has 4 rings (SSSR count). The first-order chi connectivity index (χ1) is 11.7. The largest absolute Gasteiger partial charge is 0.378 e. The monoisotopic (exact) mass is 322 g/mol. The highest BCUT2D eigenvalue weighted by Crippen LogP contribution is 2.29. The zero-order valence-electron chi connectivity index (χ0n) is 13.4. The molecule has 3 aromatic rings. The average Bonchev–Trinajstić information content (AvgIpc) is 3.26. The van der Waals surface area contributed by atoms with Gasteiger partial charge in [0, 0.05) is 30.8 Å². The highest BCUT2D eigenvalue weighted by Gasteiger charge is 2.41. The Morgan fingerprint density at radius 3 is 3.00 bits per heavy atom. The van der Waals surface area contributed by atoms with Gasteiger partial charge in [-0.2, -0.15) is 0 Å². The molecule has 1 atom stereocenters. The quantitative estimate of drug-likeness (QED) is 0.775. The van der Waals surface area contributed by atoms with Crippen molar-refractivity contribution in [1.82, 2.24) is 20.3 Å². The zero-order valence-corrected chi connectivity index (χ0v) is 13.4. The number of aromatic amines is 1. The number of fused-ring (bicyclic) bond motifs is 1. The summed E-state index contributed by atoms with van der Waals surface area (Å²) in [4.78, 5) is 24.9. The highest BCUT2D eigenvalue weighted by atomic mass is 16.5. The molecule has 0 bridgehead atoms. The zero-order chi connectivity index (χ0) is 16.6. The van der Waals surface area contributed by atoms with Crippen molar-refractivity contribution in [1.29, 1.82) is 0 Å². The van der Waals surface area contributed by atoms with Crippen LogP contribution in [-0.2, 0) is 10.3 Å². The van der Waals surface area contributed by atoms with Gasteiger partial charge < -0.3 is 15.0 Å². The summed E-state index contributed by atoms with van der Waals surface area (Å²) in [5.74, 6) is 0.562. The number of nitrogens with zero attached hydrogens (tertiary/aromatic N) is 2. The number of carbonyl (C=O) groups is 1. The van der Waals surface area contributed by atoms with Crippen LogP contribution in [0, 0.1) is 6.92 Å². The Morgan fingerprint density at radius 1 is 1.38 bits per heavy atom. The van der Waals surface area contributed by atoms with Crippen LogP contribution in [0.3, 0.4) is 0 Å². The Hall–Kier alpha value is -2.73. The van der Waals surface area contributed by atoms with Crippen molar-refractivity contribution in [2.24, 2.45) is 0 Å². The van der Waals surface area contributed by atoms with Crippen LogP contribution in [0.2, 0.25) is 0 Å². The molecule has 2 N–H and O–H groups in total. The van der Waals surface area contributed by atoms with Gasteiger partial charge in [-0.15, -0.1) is 0 Å². The van der Waals surface area contributed by atoms with Crippen LogP contribution in [-0.4, -0.2) is 34.1 Å². The predicted octanol–water partition coefficient (Wildman–Crippen LogP) is 2.31. The van der Waals surface area contributed by atoms with Gasteiger partial charge in [0.25, 0.3) is 5.91 Å². The third kappa shape index (κ3) is 2.45. The fourth-order valence-corrected chi connectivity index (χ4v) is 3.16. The Labute approximate surface area is 139 Å². The Morgan fingerprint density at radius 2 is 2.25 bits per heavy atom. The second-order valence-electron chi connectivity index (χ2n) is 6.09. The normalized spacial score (nSPS) is 20.4. The molecule has 1 amide bonds. The van der Waals surface area contributed by atoms with Gasteiger partial charge in [-0.3, -0.25) is 9.78 Å². The lowest BCUT2D eigenvalue weighted by Gasteiger charge is -2.27. The summed E-state index contributed by atoms with van der Waals surface area (Å²) in [5, 5.41) is 4.07. The number of hydrogen-bond donors (Lipinski definition) is 2. The molecule has 2 aromatic heterocycles. The van der Waals surface area contributed by atoms with Crippen molar-refractivity contribution in [2.75, 3.05) is 13.2 Å².